The molecule has 0 aliphatic carbocycles. The molecule has 0 N–H and O–H groups in total. The lowest BCUT2D eigenvalue weighted by Crippen LogP contribution is -2.14. The van der Waals surface area contributed by atoms with Crippen molar-refractivity contribution in [2.75, 3.05) is 4.90 Å². The first-order chi connectivity index (χ1) is 27.6. The molecule has 0 radical (unpaired) electrons. The summed E-state index contributed by atoms with van der Waals surface area (Å²) in [6.45, 7) is 4.38. The third kappa shape index (κ3) is 6.85. The van der Waals surface area contributed by atoms with Gasteiger partial charge in [-0.2, -0.15) is 0 Å². The molecule has 268 valence electrons. The van der Waals surface area contributed by atoms with Gasteiger partial charge in [0.15, 0.2) is 0 Å². The molecule has 9 rings (SSSR count). The van der Waals surface area contributed by atoms with Gasteiger partial charge in [0.25, 0.3) is 0 Å². The second-order valence-electron chi connectivity index (χ2n) is 14.3. The van der Waals surface area contributed by atoms with Crippen molar-refractivity contribution in [3.63, 3.8) is 0 Å². The smallest absolute Gasteiger partial charge is 0.0547 e. The quantitative estimate of drug-likeness (QED) is 0.135. The van der Waals surface area contributed by atoms with Crippen LogP contribution in [0.5, 0.6) is 0 Å². The molecule has 9 aromatic rings. The Morgan fingerprint density at radius 3 is 1.39 bits per heavy atom. The Hall–Kier alpha value is -7.16. The average molecular weight is 719 g/mol. The van der Waals surface area contributed by atoms with E-state index >= 15 is 0 Å². The minimum Gasteiger partial charge on any atom is -0.315 e. The van der Waals surface area contributed by atoms with Gasteiger partial charge in [-0.3, -0.25) is 0 Å². The molecule has 1 aromatic heterocycles. The fraction of sp³-hybridized carbons (Fsp3) is 0.0370. The lowest BCUT2D eigenvalue weighted by atomic mass is 10.0. The Balaban J connectivity index is 1.04. The zero-order valence-electron chi connectivity index (χ0n) is 31.7. The Bertz CT molecular complexity index is 2730. The van der Waals surface area contributed by atoms with E-state index in [0.717, 1.165) is 22.8 Å². The van der Waals surface area contributed by atoms with E-state index in [0.29, 0.717) is 0 Å². The first kappa shape index (κ1) is 34.6. The van der Waals surface area contributed by atoms with Gasteiger partial charge >= 0.3 is 0 Å². The van der Waals surface area contributed by atoms with Crippen LogP contribution in [-0.4, -0.2) is 4.57 Å². The summed E-state index contributed by atoms with van der Waals surface area (Å²) >= 11 is 0. The van der Waals surface area contributed by atoms with Crippen molar-refractivity contribution in [1.29, 1.82) is 0 Å². The van der Waals surface area contributed by atoms with Gasteiger partial charge in [0.2, 0.25) is 0 Å². The minimum absolute atomic E-state index is 1.11. The van der Waals surface area contributed by atoms with Crippen LogP contribution in [0.3, 0.4) is 0 Å². The van der Waals surface area contributed by atoms with Crippen LogP contribution in [0.15, 0.2) is 224 Å². The molecule has 0 bridgehead atoms. The fourth-order valence-corrected chi connectivity index (χ4v) is 7.77. The minimum atomic E-state index is 1.11. The van der Waals surface area contributed by atoms with E-state index in [2.05, 4.69) is 242 Å². The van der Waals surface area contributed by atoms with E-state index in [1.807, 2.05) is 0 Å². The summed E-state index contributed by atoms with van der Waals surface area (Å²) in [5.41, 5.74) is 16.6. The van der Waals surface area contributed by atoms with Crippen LogP contribution in [0, 0.1) is 0 Å². The van der Waals surface area contributed by atoms with Gasteiger partial charge in [-0.1, -0.05) is 164 Å². The van der Waals surface area contributed by atoms with Gasteiger partial charge in [0.1, 0.15) is 0 Å². The Labute approximate surface area is 329 Å². The molecule has 2 heteroatoms. The Morgan fingerprint density at radius 1 is 0.393 bits per heavy atom. The summed E-state index contributed by atoms with van der Waals surface area (Å²) in [6.07, 6.45) is 4.47. The second-order valence-corrected chi connectivity index (χ2v) is 14.3. The molecule has 0 amide bonds. The number of benzene rings is 8. The normalized spacial score (nSPS) is 12.0. The SMILES string of the molecule is C/C(=C\C=C(/C)N(c1ccc(-c2ccccc2)cc1)c1ccc(-c2ccccc2)cc1)c1ccc(-n2c3ccccc3c3ccc(-c4ccccc4)cc32)cc1. The highest BCUT2D eigenvalue weighted by molar-refractivity contribution is 6.10. The Morgan fingerprint density at radius 2 is 0.839 bits per heavy atom. The van der Waals surface area contributed by atoms with Gasteiger partial charge < -0.3 is 9.47 Å². The zero-order chi connectivity index (χ0) is 37.8. The number of rotatable bonds is 9. The predicted molar refractivity (Wildman–Crippen MR) is 240 cm³/mol. The first-order valence-electron chi connectivity index (χ1n) is 19.3. The topological polar surface area (TPSA) is 8.17 Å². The van der Waals surface area contributed by atoms with E-state index in [1.54, 1.807) is 0 Å². The largest absolute Gasteiger partial charge is 0.315 e. The van der Waals surface area contributed by atoms with Crippen molar-refractivity contribution < 1.29 is 0 Å². The number of hydrogen-bond acceptors (Lipinski definition) is 1. The van der Waals surface area contributed by atoms with Crippen LogP contribution in [0.4, 0.5) is 11.4 Å². The molecule has 0 saturated carbocycles. The molecule has 0 aliphatic rings. The average Bonchev–Trinajstić information content (AvgIpc) is 3.61. The lowest BCUT2D eigenvalue weighted by Gasteiger charge is -2.26. The van der Waals surface area contributed by atoms with Crippen LogP contribution in [0.25, 0.3) is 66.4 Å². The summed E-state index contributed by atoms with van der Waals surface area (Å²) in [4.78, 5) is 2.34. The molecular formula is C54H42N2. The molecule has 0 aliphatic heterocycles. The number of aromatic nitrogens is 1. The molecule has 1 heterocycles. The van der Waals surface area contributed by atoms with Crippen molar-refractivity contribution in [2.45, 2.75) is 13.8 Å². The van der Waals surface area contributed by atoms with Crippen molar-refractivity contribution in [3.8, 4) is 39.1 Å². The molecule has 0 fully saturated rings. The molecule has 0 saturated heterocycles. The maximum atomic E-state index is 2.40. The molecule has 56 heavy (non-hydrogen) atoms. The van der Waals surface area contributed by atoms with Crippen LogP contribution in [0.1, 0.15) is 19.4 Å². The van der Waals surface area contributed by atoms with E-state index in [-0.39, 0.29) is 0 Å². The molecule has 0 spiro atoms. The summed E-state index contributed by atoms with van der Waals surface area (Å²) in [6, 6.07) is 74.0. The molecule has 8 aromatic carbocycles. The highest BCUT2D eigenvalue weighted by atomic mass is 15.1. The first-order valence-corrected chi connectivity index (χ1v) is 19.3. The van der Waals surface area contributed by atoms with Crippen LogP contribution >= 0.6 is 0 Å². The standard InChI is InChI=1S/C54H42N2/c1-39(41-24-31-50(32-25-41)56-53-21-13-12-20-51(53)52-37-30-47(38-54(52)56)44-18-10-5-11-19-44)22-23-40(2)55(48-33-26-45(27-34-48)42-14-6-3-7-15-42)49-35-28-46(29-36-49)43-16-8-4-9-17-43/h3-38H,1-2H3/b39-22+,40-23+. The third-order valence-electron chi connectivity index (χ3n) is 10.8. The van der Waals surface area contributed by atoms with Gasteiger partial charge in [0, 0.05) is 33.5 Å². The lowest BCUT2D eigenvalue weighted by molar-refractivity contribution is 1.16. The van der Waals surface area contributed by atoms with Gasteiger partial charge in [-0.25, -0.2) is 0 Å². The third-order valence-corrected chi connectivity index (χ3v) is 10.8. The highest BCUT2D eigenvalue weighted by Crippen LogP contribution is 2.36. The zero-order valence-corrected chi connectivity index (χ0v) is 31.7. The summed E-state index contributed by atoms with van der Waals surface area (Å²) in [5.74, 6) is 0. The molecule has 0 atom stereocenters. The number of para-hydroxylation sites is 1. The van der Waals surface area contributed by atoms with Crippen molar-refractivity contribution in [3.05, 3.63) is 230 Å². The number of nitrogens with zero attached hydrogens (tertiary/aromatic N) is 2. The van der Waals surface area contributed by atoms with E-state index < -0.39 is 0 Å². The number of allylic oxidation sites excluding steroid dienone is 4. The van der Waals surface area contributed by atoms with Crippen LogP contribution in [-0.2, 0) is 0 Å². The van der Waals surface area contributed by atoms with Crippen LogP contribution in [0.2, 0.25) is 0 Å². The van der Waals surface area contributed by atoms with Crippen molar-refractivity contribution >= 4 is 38.8 Å². The molecule has 0 unspecified atom stereocenters. The van der Waals surface area contributed by atoms with Crippen LogP contribution < -0.4 is 4.90 Å². The highest BCUT2D eigenvalue weighted by Gasteiger charge is 2.15. The number of fused-ring (bicyclic) bond motifs is 3. The number of anilines is 2. The monoisotopic (exact) mass is 718 g/mol. The molecule has 2 nitrogen and oxygen atoms in total. The summed E-state index contributed by atoms with van der Waals surface area (Å²) in [5, 5.41) is 2.52. The van der Waals surface area contributed by atoms with E-state index in [4.69, 9.17) is 0 Å². The van der Waals surface area contributed by atoms with Gasteiger partial charge in [-0.05, 0) is 113 Å². The van der Waals surface area contributed by atoms with Crippen molar-refractivity contribution in [2.24, 2.45) is 0 Å². The van der Waals surface area contributed by atoms with Gasteiger partial charge in [0.05, 0.1) is 11.0 Å². The van der Waals surface area contributed by atoms with Crippen molar-refractivity contribution in [1.82, 2.24) is 4.57 Å². The maximum absolute atomic E-state index is 2.40. The van der Waals surface area contributed by atoms with E-state index in [1.165, 1.54) is 66.3 Å². The predicted octanol–water partition coefficient (Wildman–Crippen LogP) is 14.9. The summed E-state index contributed by atoms with van der Waals surface area (Å²) in [7, 11) is 0. The fourth-order valence-electron chi connectivity index (χ4n) is 7.77. The van der Waals surface area contributed by atoms with E-state index in [9.17, 15) is 0 Å². The maximum Gasteiger partial charge on any atom is 0.0547 e. The summed E-state index contributed by atoms with van der Waals surface area (Å²) < 4.78 is 2.40. The van der Waals surface area contributed by atoms with Gasteiger partial charge in [-0.15, -0.1) is 0 Å². The molecular weight excluding hydrogens is 677 g/mol. The Kier molecular flexibility index (Phi) is 9.45. The second kappa shape index (κ2) is 15.3. The number of hydrogen-bond donors (Lipinski definition) is 0.